The number of nitrogens with one attached hydrogen (secondary N) is 1. The summed E-state index contributed by atoms with van der Waals surface area (Å²) >= 11 is 1.93. The van der Waals surface area contributed by atoms with Crippen molar-refractivity contribution in [2.75, 3.05) is 7.05 Å². The second-order valence-corrected chi connectivity index (χ2v) is 6.91. The first kappa shape index (κ1) is 13.1. The Morgan fingerprint density at radius 2 is 2.00 bits per heavy atom. The van der Waals surface area contributed by atoms with Crippen molar-refractivity contribution >= 4 is 11.3 Å². The second-order valence-electron chi connectivity index (χ2n) is 5.45. The first-order valence-electron chi connectivity index (χ1n) is 6.95. The van der Waals surface area contributed by atoms with Gasteiger partial charge < -0.3 is 5.32 Å². The van der Waals surface area contributed by atoms with Crippen molar-refractivity contribution in [1.29, 1.82) is 0 Å². The predicted octanol–water partition coefficient (Wildman–Crippen LogP) is 4.60. The van der Waals surface area contributed by atoms with Crippen molar-refractivity contribution in [3.8, 4) is 0 Å². The summed E-state index contributed by atoms with van der Waals surface area (Å²) in [7, 11) is 2.11. The Morgan fingerprint density at radius 3 is 2.53 bits per heavy atom. The van der Waals surface area contributed by atoms with E-state index in [2.05, 4.69) is 32.3 Å². The summed E-state index contributed by atoms with van der Waals surface area (Å²) < 4.78 is 0. The molecule has 1 aromatic rings. The van der Waals surface area contributed by atoms with Gasteiger partial charge in [0.15, 0.2) is 0 Å². The summed E-state index contributed by atoms with van der Waals surface area (Å²) in [6, 6.07) is 2.95. The molecule has 0 radical (unpaired) electrons. The minimum absolute atomic E-state index is 0.572. The molecule has 1 aliphatic carbocycles. The summed E-state index contributed by atoms with van der Waals surface area (Å²) in [5.74, 6) is 0.945. The molecular weight excluding hydrogens is 226 g/mol. The van der Waals surface area contributed by atoms with E-state index in [1.54, 1.807) is 5.56 Å². The molecule has 1 nitrogen and oxygen atoms in total. The normalized spacial score (nSPS) is 19.5. The third-order valence-corrected chi connectivity index (χ3v) is 5.08. The van der Waals surface area contributed by atoms with Gasteiger partial charge in [0.2, 0.25) is 0 Å². The molecule has 1 saturated carbocycles. The zero-order valence-corrected chi connectivity index (χ0v) is 12.2. The molecule has 0 spiro atoms. The van der Waals surface area contributed by atoms with Gasteiger partial charge in [-0.25, -0.2) is 0 Å². The highest BCUT2D eigenvalue weighted by molar-refractivity contribution is 7.12. The lowest BCUT2D eigenvalue weighted by atomic mass is 9.83. The monoisotopic (exact) mass is 251 g/mol. The molecule has 0 aliphatic heterocycles. The Morgan fingerprint density at radius 1 is 1.29 bits per heavy atom. The maximum atomic E-state index is 3.53. The van der Waals surface area contributed by atoms with Crippen LogP contribution in [0.25, 0.3) is 0 Å². The molecule has 0 amide bonds. The van der Waals surface area contributed by atoms with Crippen molar-refractivity contribution in [2.45, 2.75) is 58.4 Å². The molecule has 17 heavy (non-hydrogen) atoms. The van der Waals surface area contributed by atoms with E-state index in [1.807, 2.05) is 11.3 Å². The van der Waals surface area contributed by atoms with Crippen LogP contribution in [0.15, 0.2) is 6.07 Å². The molecule has 1 atom stereocenters. The molecule has 0 aromatic carbocycles. The largest absolute Gasteiger partial charge is 0.313 e. The van der Waals surface area contributed by atoms with Crippen LogP contribution in [0.1, 0.15) is 59.9 Å². The van der Waals surface area contributed by atoms with Gasteiger partial charge in [0, 0.05) is 15.8 Å². The number of thiophene rings is 1. The summed E-state index contributed by atoms with van der Waals surface area (Å²) in [6.07, 6.45) is 8.57. The van der Waals surface area contributed by atoms with Gasteiger partial charge in [-0.05, 0) is 44.9 Å². The van der Waals surface area contributed by atoms with Gasteiger partial charge in [0.05, 0.1) is 0 Å². The van der Waals surface area contributed by atoms with E-state index in [4.69, 9.17) is 0 Å². The smallest absolute Gasteiger partial charge is 0.0331 e. The van der Waals surface area contributed by atoms with Gasteiger partial charge in [0.25, 0.3) is 0 Å². The zero-order chi connectivity index (χ0) is 12.3. The Kier molecular flexibility index (Phi) is 4.63. The van der Waals surface area contributed by atoms with E-state index in [0.717, 1.165) is 5.92 Å². The molecule has 1 N–H and O–H groups in total. The molecule has 1 aliphatic rings. The highest BCUT2D eigenvalue weighted by Crippen LogP contribution is 2.34. The lowest BCUT2D eigenvalue weighted by Crippen LogP contribution is -2.21. The summed E-state index contributed by atoms with van der Waals surface area (Å²) in [4.78, 5) is 2.94. The van der Waals surface area contributed by atoms with E-state index < -0.39 is 0 Å². The van der Waals surface area contributed by atoms with Gasteiger partial charge in [-0.3, -0.25) is 0 Å². The number of aryl methyl sites for hydroxylation is 2. The second kappa shape index (κ2) is 6.01. The Hall–Kier alpha value is -0.340. The highest BCUT2D eigenvalue weighted by Gasteiger charge is 2.21. The summed E-state index contributed by atoms with van der Waals surface area (Å²) in [5, 5.41) is 3.53. The van der Waals surface area contributed by atoms with Crippen molar-refractivity contribution < 1.29 is 0 Å². The third-order valence-electron chi connectivity index (χ3n) is 4.10. The first-order chi connectivity index (χ1) is 8.20. The molecule has 2 heteroatoms. The molecule has 96 valence electrons. The molecule has 1 unspecified atom stereocenters. The van der Waals surface area contributed by atoms with E-state index in [-0.39, 0.29) is 0 Å². The fraction of sp³-hybridized carbons (Fsp3) is 0.733. The van der Waals surface area contributed by atoms with E-state index in [0.29, 0.717) is 6.04 Å². The first-order valence-corrected chi connectivity index (χ1v) is 7.76. The average Bonchev–Trinajstić information content (AvgIpc) is 2.67. The van der Waals surface area contributed by atoms with Crippen LogP contribution in [0.2, 0.25) is 0 Å². The number of hydrogen-bond donors (Lipinski definition) is 1. The van der Waals surface area contributed by atoms with E-state index in [1.165, 1.54) is 48.3 Å². The van der Waals surface area contributed by atoms with Gasteiger partial charge in [-0.1, -0.05) is 32.1 Å². The molecule has 1 aromatic heterocycles. The highest BCUT2D eigenvalue weighted by atomic mass is 32.1. The Bertz CT molecular complexity index is 350. The maximum absolute atomic E-state index is 3.53. The Labute approximate surface area is 110 Å². The van der Waals surface area contributed by atoms with Crippen molar-refractivity contribution in [3.05, 3.63) is 21.4 Å². The van der Waals surface area contributed by atoms with Crippen molar-refractivity contribution in [3.63, 3.8) is 0 Å². The van der Waals surface area contributed by atoms with Crippen LogP contribution < -0.4 is 5.32 Å². The zero-order valence-electron chi connectivity index (χ0n) is 11.4. The van der Waals surface area contributed by atoms with Gasteiger partial charge >= 0.3 is 0 Å². The standard InChI is InChI=1S/C15H25NS/c1-11-9-14(12(2)17-11)15(16-3)10-13-7-5-4-6-8-13/h9,13,15-16H,4-8,10H2,1-3H3. The quantitative estimate of drug-likeness (QED) is 0.825. The van der Waals surface area contributed by atoms with Crippen LogP contribution in [-0.2, 0) is 0 Å². The van der Waals surface area contributed by atoms with Crippen LogP contribution in [0.3, 0.4) is 0 Å². The topological polar surface area (TPSA) is 12.0 Å². The average molecular weight is 251 g/mol. The van der Waals surface area contributed by atoms with Crippen LogP contribution in [-0.4, -0.2) is 7.05 Å². The molecule has 2 rings (SSSR count). The minimum atomic E-state index is 0.572. The van der Waals surface area contributed by atoms with Crippen molar-refractivity contribution in [1.82, 2.24) is 5.32 Å². The van der Waals surface area contributed by atoms with Crippen molar-refractivity contribution in [2.24, 2.45) is 5.92 Å². The van der Waals surface area contributed by atoms with E-state index in [9.17, 15) is 0 Å². The van der Waals surface area contributed by atoms with Gasteiger partial charge in [0.1, 0.15) is 0 Å². The fourth-order valence-electron chi connectivity index (χ4n) is 3.15. The Balaban J connectivity index is 2.02. The predicted molar refractivity (Wildman–Crippen MR) is 76.8 cm³/mol. The SMILES string of the molecule is CNC(CC1CCCCC1)c1cc(C)sc1C. The van der Waals surface area contributed by atoms with Crippen LogP contribution in [0, 0.1) is 19.8 Å². The minimum Gasteiger partial charge on any atom is -0.313 e. The molecular formula is C15H25NS. The van der Waals surface area contributed by atoms with Gasteiger partial charge in [-0.2, -0.15) is 0 Å². The lowest BCUT2D eigenvalue weighted by molar-refractivity contribution is 0.305. The lowest BCUT2D eigenvalue weighted by Gasteiger charge is -2.26. The van der Waals surface area contributed by atoms with Crippen LogP contribution in [0.4, 0.5) is 0 Å². The molecule has 0 saturated heterocycles. The third kappa shape index (κ3) is 3.32. The fourth-order valence-corrected chi connectivity index (χ4v) is 4.14. The molecule has 1 fully saturated rings. The number of rotatable bonds is 4. The van der Waals surface area contributed by atoms with Crippen LogP contribution in [0.5, 0.6) is 0 Å². The summed E-state index contributed by atoms with van der Waals surface area (Å²) in [6.45, 7) is 4.48. The maximum Gasteiger partial charge on any atom is 0.0331 e. The molecule has 0 bridgehead atoms. The van der Waals surface area contributed by atoms with E-state index >= 15 is 0 Å². The molecule has 1 heterocycles. The number of hydrogen-bond acceptors (Lipinski definition) is 2. The summed E-state index contributed by atoms with van der Waals surface area (Å²) in [5.41, 5.74) is 1.54. The van der Waals surface area contributed by atoms with Crippen LogP contribution >= 0.6 is 11.3 Å². The van der Waals surface area contributed by atoms with Gasteiger partial charge in [-0.15, -0.1) is 11.3 Å².